The van der Waals surface area contributed by atoms with Gasteiger partial charge >= 0.3 is 0 Å². The zero-order valence-corrected chi connectivity index (χ0v) is 9.42. The summed E-state index contributed by atoms with van der Waals surface area (Å²) in [5.41, 5.74) is 1.05. The van der Waals surface area contributed by atoms with Crippen molar-refractivity contribution in [3.63, 3.8) is 0 Å². The van der Waals surface area contributed by atoms with Crippen LogP contribution in [0.25, 0.3) is 0 Å². The largest absolute Gasteiger partial charge is 0.399 e. The van der Waals surface area contributed by atoms with Crippen LogP contribution in [0.5, 0.6) is 0 Å². The van der Waals surface area contributed by atoms with Crippen LogP contribution in [0, 0.1) is 17.2 Å². The lowest BCUT2D eigenvalue weighted by Crippen LogP contribution is -2.03. The highest BCUT2D eigenvalue weighted by atomic mass is 16.6. The third-order valence-electron chi connectivity index (χ3n) is 2.23. The molecule has 0 aromatic rings. The molecule has 0 aromatic carbocycles. The number of rotatable bonds is 7. The molecule has 0 amide bonds. The molecule has 0 bridgehead atoms. The average Bonchev–Trinajstić information content (AvgIpc) is 2.22. The second-order valence-electron chi connectivity index (χ2n) is 3.35. The molecule has 0 N–H and O–H groups in total. The average molecular weight is 196 g/mol. The highest BCUT2D eigenvalue weighted by molar-refractivity contribution is 5.83. The van der Waals surface area contributed by atoms with Crippen LogP contribution in [0.4, 0.5) is 0 Å². The molecule has 1 unspecified atom stereocenters. The Bertz CT molecular complexity index is 206. The first-order valence-corrected chi connectivity index (χ1v) is 5.26. The van der Waals surface area contributed by atoms with E-state index in [1.165, 1.54) is 0 Å². The summed E-state index contributed by atoms with van der Waals surface area (Å²) in [5.74, 6) is 0.175. The van der Waals surface area contributed by atoms with E-state index in [1.54, 1.807) is 7.11 Å². The molecular formula is C11H20N2O. The normalized spacial score (nSPS) is 13.4. The molecule has 0 saturated carbocycles. The van der Waals surface area contributed by atoms with Crippen LogP contribution in [0.2, 0.25) is 0 Å². The molecule has 80 valence electrons. The van der Waals surface area contributed by atoms with Gasteiger partial charge in [0.2, 0.25) is 0 Å². The number of oxime groups is 1. The first kappa shape index (κ1) is 13.0. The number of hydrogen-bond donors (Lipinski definition) is 0. The van der Waals surface area contributed by atoms with Crippen LogP contribution >= 0.6 is 0 Å². The minimum Gasteiger partial charge on any atom is -0.399 e. The standard InChI is InChI=1S/C11H20N2O/c1-4-6-10(9-12)7-8-11(5-2)13-14-3/h10H,4-8H2,1-3H3. The molecule has 0 fully saturated rings. The van der Waals surface area contributed by atoms with Crippen molar-refractivity contribution in [1.82, 2.24) is 0 Å². The first-order valence-electron chi connectivity index (χ1n) is 5.26. The number of hydrogen-bond acceptors (Lipinski definition) is 3. The molecule has 0 aliphatic carbocycles. The van der Waals surface area contributed by atoms with Gasteiger partial charge in [0.05, 0.1) is 11.8 Å². The molecule has 14 heavy (non-hydrogen) atoms. The van der Waals surface area contributed by atoms with Gasteiger partial charge in [-0.05, 0) is 25.7 Å². The highest BCUT2D eigenvalue weighted by Gasteiger charge is 2.07. The summed E-state index contributed by atoms with van der Waals surface area (Å²) in [6.07, 6.45) is 4.74. The second-order valence-corrected chi connectivity index (χ2v) is 3.35. The molecule has 0 aliphatic rings. The van der Waals surface area contributed by atoms with E-state index in [-0.39, 0.29) is 5.92 Å². The minimum absolute atomic E-state index is 0.175. The van der Waals surface area contributed by atoms with Gasteiger partial charge in [-0.3, -0.25) is 0 Å². The first-order chi connectivity index (χ1) is 6.78. The fraction of sp³-hybridized carbons (Fsp3) is 0.818. The van der Waals surface area contributed by atoms with Crippen molar-refractivity contribution in [2.45, 2.75) is 46.0 Å². The molecule has 3 nitrogen and oxygen atoms in total. The van der Waals surface area contributed by atoms with Gasteiger partial charge in [-0.1, -0.05) is 25.4 Å². The fourth-order valence-electron chi connectivity index (χ4n) is 1.38. The Morgan fingerprint density at radius 2 is 2.14 bits per heavy atom. The quantitative estimate of drug-likeness (QED) is 0.464. The third-order valence-corrected chi connectivity index (χ3v) is 2.23. The van der Waals surface area contributed by atoms with Gasteiger partial charge in [-0.2, -0.15) is 5.26 Å². The summed E-state index contributed by atoms with van der Waals surface area (Å²) >= 11 is 0. The predicted octanol–water partition coefficient (Wildman–Crippen LogP) is 3.12. The zero-order chi connectivity index (χ0) is 10.8. The van der Waals surface area contributed by atoms with Gasteiger partial charge in [-0.15, -0.1) is 0 Å². The Kier molecular flexibility index (Phi) is 7.92. The maximum atomic E-state index is 8.85. The van der Waals surface area contributed by atoms with E-state index in [0.29, 0.717) is 0 Å². The van der Waals surface area contributed by atoms with Gasteiger partial charge in [0.25, 0.3) is 0 Å². The molecule has 0 rings (SSSR count). The van der Waals surface area contributed by atoms with E-state index in [4.69, 9.17) is 10.1 Å². The lowest BCUT2D eigenvalue weighted by Gasteiger charge is -2.07. The summed E-state index contributed by atoms with van der Waals surface area (Å²) in [6, 6.07) is 2.33. The van der Waals surface area contributed by atoms with E-state index < -0.39 is 0 Å². The lowest BCUT2D eigenvalue weighted by molar-refractivity contribution is 0.211. The summed E-state index contributed by atoms with van der Waals surface area (Å²) in [6.45, 7) is 4.16. The Morgan fingerprint density at radius 1 is 1.43 bits per heavy atom. The summed E-state index contributed by atoms with van der Waals surface area (Å²) in [7, 11) is 1.56. The molecular weight excluding hydrogens is 176 g/mol. The van der Waals surface area contributed by atoms with Crippen LogP contribution in [-0.4, -0.2) is 12.8 Å². The van der Waals surface area contributed by atoms with Gasteiger partial charge in [0.1, 0.15) is 7.11 Å². The molecule has 0 aliphatic heterocycles. The Balaban J connectivity index is 3.89. The second kappa shape index (κ2) is 8.55. The molecule has 0 radical (unpaired) electrons. The van der Waals surface area contributed by atoms with Gasteiger partial charge in [0.15, 0.2) is 0 Å². The van der Waals surface area contributed by atoms with Crippen molar-refractivity contribution < 1.29 is 4.84 Å². The van der Waals surface area contributed by atoms with Gasteiger partial charge < -0.3 is 4.84 Å². The fourth-order valence-corrected chi connectivity index (χ4v) is 1.38. The molecule has 0 saturated heterocycles. The van der Waals surface area contributed by atoms with E-state index in [0.717, 1.165) is 37.8 Å². The van der Waals surface area contributed by atoms with Crippen molar-refractivity contribution in [3.8, 4) is 6.07 Å². The lowest BCUT2D eigenvalue weighted by atomic mass is 9.97. The van der Waals surface area contributed by atoms with Crippen LogP contribution in [0.1, 0.15) is 46.0 Å². The minimum atomic E-state index is 0.175. The Hall–Kier alpha value is -1.04. The van der Waals surface area contributed by atoms with Crippen LogP contribution in [0.3, 0.4) is 0 Å². The van der Waals surface area contributed by atoms with Crippen LogP contribution < -0.4 is 0 Å². The van der Waals surface area contributed by atoms with Crippen molar-refractivity contribution in [3.05, 3.63) is 0 Å². The highest BCUT2D eigenvalue weighted by Crippen LogP contribution is 2.13. The summed E-state index contributed by atoms with van der Waals surface area (Å²) in [5, 5.41) is 12.8. The van der Waals surface area contributed by atoms with Gasteiger partial charge in [-0.25, -0.2) is 0 Å². The summed E-state index contributed by atoms with van der Waals surface area (Å²) in [4.78, 5) is 4.73. The molecule has 3 heteroatoms. The maximum Gasteiger partial charge on any atom is 0.106 e. The molecule has 1 atom stereocenters. The Labute approximate surface area is 86.7 Å². The van der Waals surface area contributed by atoms with Crippen LogP contribution in [0.15, 0.2) is 5.16 Å². The van der Waals surface area contributed by atoms with E-state index in [2.05, 4.69) is 25.1 Å². The topological polar surface area (TPSA) is 45.4 Å². The number of nitrogens with zero attached hydrogens (tertiary/aromatic N) is 2. The summed E-state index contributed by atoms with van der Waals surface area (Å²) < 4.78 is 0. The third kappa shape index (κ3) is 5.58. The molecule has 0 heterocycles. The maximum absolute atomic E-state index is 8.85. The van der Waals surface area contributed by atoms with E-state index in [1.807, 2.05) is 0 Å². The van der Waals surface area contributed by atoms with Crippen molar-refractivity contribution in [2.75, 3.05) is 7.11 Å². The van der Waals surface area contributed by atoms with Crippen molar-refractivity contribution >= 4 is 5.71 Å². The van der Waals surface area contributed by atoms with Crippen LogP contribution in [-0.2, 0) is 4.84 Å². The molecule has 0 aromatic heterocycles. The van der Waals surface area contributed by atoms with Gasteiger partial charge in [0, 0.05) is 5.92 Å². The zero-order valence-electron chi connectivity index (χ0n) is 9.42. The monoisotopic (exact) mass is 196 g/mol. The van der Waals surface area contributed by atoms with E-state index >= 15 is 0 Å². The Morgan fingerprint density at radius 3 is 2.57 bits per heavy atom. The SMILES string of the molecule is CCCC(C#N)CCC(CC)=NOC. The molecule has 0 spiro atoms. The smallest absolute Gasteiger partial charge is 0.106 e. The number of nitriles is 1. The van der Waals surface area contributed by atoms with Crippen molar-refractivity contribution in [1.29, 1.82) is 5.26 Å². The van der Waals surface area contributed by atoms with Crippen molar-refractivity contribution in [2.24, 2.45) is 11.1 Å². The predicted molar refractivity (Wildman–Crippen MR) is 58.0 cm³/mol. The van der Waals surface area contributed by atoms with E-state index in [9.17, 15) is 0 Å².